The summed E-state index contributed by atoms with van der Waals surface area (Å²) in [5.74, 6) is -1.37. The summed E-state index contributed by atoms with van der Waals surface area (Å²) >= 11 is 0. The first-order valence-electron chi connectivity index (χ1n) is 7.58. The fourth-order valence-corrected chi connectivity index (χ4v) is 2.57. The smallest absolute Gasteiger partial charge is 0.330 e. The van der Waals surface area contributed by atoms with Gasteiger partial charge in [0, 0.05) is 18.9 Å². The minimum Gasteiger partial charge on any atom is -0.463 e. The average Bonchev–Trinajstić information content (AvgIpc) is 2.55. The second-order valence-corrected chi connectivity index (χ2v) is 5.27. The van der Waals surface area contributed by atoms with Gasteiger partial charge in [0.15, 0.2) is 0 Å². The molecule has 0 aromatic heterocycles. The van der Waals surface area contributed by atoms with E-state index in [0.717, 1.165) is 24.0 Å². The summed E-state index contributed by atoms with van der Waals surface area (Å²) in [5, 5.41) is 9.26. The zero-order chi connectivity index (χ0) is 15.8. The second kappa shape index (κ2) is 8.08. The first kappa shape index (κ1) is 16.7. The quantitative estimate of drug-likeness (QED) is 0.378. The monoisotopic (exact) mass is 306 g/mol. The number of hydrogen-bond acceptors (Lipinski definition) is 5. The third-order valence-corrected chi connectivity index (χ3v) is 3.68. The third-order valence-electron chi connectivity index (χ3n) is 3.68. The van der Waals surface area contributed by atoms with Gasteiger partial charge in [-0.05, 0) is 37.0 Å². The summed E-state index contributed by atoms with van der Waals surface area (Å²) in [5.41, 5.74) is 1.82. The van der Waals surface area contributed by atoms with Crippen LogP contribution < -0.4 is 0 Å². The highest BCUT2D eigenvalue weighted by Crippen LogP contribution is 2.30. The topological polar surface area (TPSA) is 65.0 Å². The molecular weight excluding hydrogens is 284 g/mol. The van der Waals surface area contributed by atoms with Gasteiger partial charge in [-0.2, -0.15) is 0 Å². The number of esters is 1. The van der Waals surface area contributed by atoms with E-state index in [0.29, 0.717) is 26.1 Å². The van der Waals surface area contributed by atoms with Crippen LogP contribution in [0, 0.1) is 0 Å². The number of hydrogen-bond donors (Lipinski definition) is 1. The third kappa shape index (κ3) is 4.40. The van der Waals surface area contributed by atoms with Gasteiger partial charge < -0.3 is 9.47 Å². The van der Waals surface area contributed by atoms with E-state index in [2.05, 4.69) is 4.89 Å². The highest BCUT2D eigenvalue weighted by Gasteiger charge is 2.35. The van der Waals surface area contributed by atoms with Gasteiger partial charge in [0.1, 0.15) is 0 Å². The molecule has 0 amide bonds. The van der Waals surface area contributed by atoms with Crippen LogP contribution >= 0.6 is 0 Å². The molecule has 1 aromatic carbocycles. The van der Waals surface area contributed by atoms with Gasteiger partial charge >= 0.3 is 5.97 Å². The molecule has 22 heavy (non-hydrogen) atoms. The van der Waals surface area contributed by atoms with E-state index in [9.17, 15) is 10.1 Å². The summed E-state index contributed by atoms with van der Waals surface area (Å²) in [6.45, 7) is 2.68. The van der Waals surface area contributed by atoms with Gasteiger partial charge in [0.25, 0.3) is 0 Å². The minimum atomic E-state index is -0.994. The van der Waals surface area contributed by atoms with Gasteiger partial charge in [0.05, 0.1) is 13.2 Å². The fourth-order valence-electron chi connectivity index (χ4n) is 2.57. The Balaban J connectivity index is 2.15. The van der Waals surface area contributed by atoms with E-state index < -0.39 is 5.79 Å². The van der Waals surface area contributed by atoms with Crippen molar-refractivity contribution < 1.29 is 24.4 Å². The van der Waals surface area contributed by atoms with E-state index >= 15 is 0 Å². The van der Waals surface area contributed by atoms with Crippen LogP contribution in [0.3, 0.4) is 0 Å². The number of carbonyl (C=O) groups is 1. The van der Waals surface area contributed by atoms with Crippen LogP contribution in [0.2, 0.25) is 0 Å². The summed E-state index contributed by atoms with van der Waals surface area (Å²) in [6, 6.07) is 7.63. The van der Waals surface area contributed by atoms with Crippen molar-refractivity contribution >= 4 is 12.0 Å². The predicted molar refractivity (Wildman–Crippen MR) is 82.1 cm³/mol. The molecule has 2 rings (SSSR count). The molecule has 0 radical (unpaired) electrons. The van der Waals surface area contributed by atoms with Crippen molar-refractivity contribution in [1.29, 1.82) is 0 Å². The zero-order valence-electron chi connectivity index (χ0n) is 12.8. The molecule has 1 aliphatic rings. The van der Waals surface area contributed by atoms with Crippen LogP contribution in [0.5, 0.6) is 0 Å². The Bertz CT molecular complexity index is 518. The maximum Gasteiger partial charge on any atom is 0.330 e. The van der Waals surface area contributed by atoms with Crippen molar-refractivity contribution in [2.75, 3.05) is 13.2 Å². The molecule has 0 bridgehead atoms. The molecule has 1 unspecified atom stereocenters. The summed E-state index contributed by atoms with van der Waals surface area (Å²) in [4.78, 5) is 16.1. The molecule has 0 saturated carbocycles. The summed E-state index contributed by atoms with van der Waals surface area (Å²) < 4.78 is 10.5. The van der Waals surface area contributed by atoms with E-state index in [-0.39, 0.29) is 5.97 Å². The number of benzene rings is 1. The number of ether oxygens (including phenoxy) is 2. The molecule has 1 atom stereocenters. The van der Waals surface area contributed by atoms with Gasteiger partial charge in [-0.3, -0.25) is 0 Å². The Kier molecular flexibility index (Phi) is 6.12. The molecule has 5 heteroatoms. The van der Waals surface area contributed by atoms with Crippen LogP contribution in [0.15, 0.2) is 30.3 Å². The van der Waals surface area contributed by atoms with Crippen LogP contribution in [0.1, 0.15) is 37.3 Å². The van der Waals surface area contributed by atoms with Gasteiger partial charge in [-0.25, -0.2) is 14.9 Å². The average molecular weight is 306 g/mol. The lowest BCUT2D eigenvalue weighted by Gasteiger charge is -2.34. The lowest BCUT2D eigenvalue weighted by Crippen LogP contribution is -2.40. The van der Waals surface area contributed by atoms with Crippen molar-refractivity contribution in [3.05, 3.63) is 41.5 Å². The van der Waals surface area contributed by atoms with Crippen molar-refractivity contribution in [1.82, 2.24) is 0 Å². The standard InChI is InChI=1S/C17H22O5/c1-2-20-16(18)10-9-14-7-3-4-8-15(14)13-17(22-19)11-5-6-12-21-17/h3-4,7-10,19H,2,5-6,11-13H2,1H3/b10-9+. The lowest BCUT2D eigenvalue weighted by atomic mass is 9.94. The lowest BCUT2D eigenvalue weighted by molar-refractivity contribution is -0.412. The highest BCUT2D eigenvalue weighted by atomic mass is 17.1. The van der Waals surface area contributed by atoms with Crippen LogP contribution in [-0.2, 0) is 25.6 Å². The van der Waals surface area contributed by atoms with Crippen LogP contribution in [0.25, 0.3) is 6.08 Å². The molecule has 1 fully saturated rings. The molecule has 120 valence electrons. The van der Waals surface area contributed by atoms with E-state index in [1.54, 1.807) is 13.0 Å². The van der Waals surface area contributed by atoms with Gasteiger partial charge in [-0.15, -0.1) is 0 Å². The Hall–Kier alpha value is -1.69. The number of carbonyl (C=O) groups excluding carboxylic acids is 1. The molecule has 1 saturated heterocycles. The molecule has 1 N–H and O–H groups in total. The SMILES string of the molecule is CCOC(=O)/C=C/c1ccccc1CC1(OO)CCCCO1. The molecule has 5 nitrogen and oxygen atoms in total. The fraction of sp³-hybridized carbons (Fsp3) is 0.471. The van der Waals surface area contributed by atoms with Gasteiger partial charge in [-0.1, -0.05) is 24.3 Å². The van der Waals surface area contributed by atoms with E-state index in [1.807, 2.05) is 24.3 Å². The zero-order valence-corrected chi connectivity index (χ0v) is 12.8. The first-order valence-corrected chi connectivity index (χ1v) is 7.58. The molecule has 0 aliphatic carbocycles. The Morgan fingerprint density at radius 1 is 1.41 bits per heavy atom. The normalized spacial score (nSPS) is 21.9. The van der Waals surface area contributed by atoms with Crippen LogP contribution in [0.4, 0.5) is 0 Å². The summed E-state index contributed by atoms with van der Waals surface area (Å²) in [6.07, 6.45) is 6.08. The molecule has 1 heterocycles. The molecule has 1 aromatic rings. The highest BCUT2D eigenvalue weighted by molar-refractivity contribution is 5.87. The van der Waals surface area contributed by atoms with Crippen molar-refractivity contribution in [2.45, 2.75) is 38.4 Å². The second-order valence-electron chi connectivity index (χ2n) is 5.27. The first-order chi connectivity index (χ1) is 10.7. The Morgan fingerprint density at radius 3 is 2.91 bits per heavy atom. The van der Waals surface area contributed by atoms with Gasteiger partial charge in [0.2, 0.25) is 5.79 Å². The number of rotatable bonds is 6. The van der Waals surface area contributed by atoms with E-state index in [1.165, 1.54) is 6.08 Å². The minimum absolute atomic E-state index is 0.347. The maximum atomic E-state index is 11.4. The van der Waals surface area contributed by atoms with Crippen molar-refractivity contribution in [2.24, 2.45) is 0 Å². The summed E-state index contributed by atoms with van der Waals surface area (Å²) in [7, 11) is 0. The Morgan fingerprint density at radius 2 is 2.23 bits per heavy atom. The largest absolute Gasteiger partial charge is 0.463 e. The predicted octanol–water partition coefficient (Wildman–Crippen LogP) is 3.19. The van der Waals surface area contributed by atoms with Crippen molar-refractivity contribution in [3.8, 4) is 0 Å². The molecular formula is C17H22O5. The molecule has 0 spiro atoms. The van der Waals surface area contributed by atoms with E-state index in [4.69, 9.17) is 9.47 Å². The Labute approximate surface area is 130 Å². The maximum absolute atomic E-state index is 11.4. The van der Waals surface area contributed by atoms with Crippen molar-refractivity contribution in [3.63, 3.8) is 0 Å². The molecule has 1 aliphatic heterocycles. The van der Waals surface area contributed by atoms with Crippen LogP contribution in [-0.4, -0.2) is 30.2 Å².